The van der Waals surface area contributed by atoms with Crippen LogP contribution in [0.5, 0.6) is 0 Å². The van der Waals surface area contributed by atoms with Crippen LogP contribution in [0.2, 0.25) is 5.28 Å². The van der Waals surface area contributed by atoms with Crippen LogP contribution in [-0.2, 0) is 0 Å². The van der Waals surface area contributed by atoms with E-state index in [9.17, 15) is 0 Å². The predicted molar refractivity (Wildman–Crippen MR) is 76.2 cm³/mol. The number of para-hydroxylation sites is 1. The maximum absolute atomic E-state index is 5.93. The minimum Gasteiger partial charge on any atom is -0.368 e. The van der Waals surface area contributed by atoms with E-state index in [2.05, 4.69) is 41.2 Å². The minimum atomic E-state index is 0.272. The standard InChI is InChI=1S/C13H17ClN4/c1-9(18(2)3)8-15-12-10-6-4-5-7-11(10)16-13(14)17-12/h4-7,9H,8H2,1-3H3,(H,15,16,17). The van der Waals surface area contributed by atoms with Crippen molar-refractivity contribution >= 4 is 28.3 Å². The van der Waals surface area contributed by atoms with Crippen molar-refractivity contribution in [3.05, 3.63) is 29.5 Å². The van der Waals surface area contributed by atoms with Crippen LogP contribution in [0.3, 0.4) is 0 Å². The fourth-order valence-corrected chi connectivity index (χ4v) is 1.79. The van der Waals surface area contributed by atoms with E-state index in [-0.39, 0.29) is 5.28 Å². The first-order valence-electron chi connectivity index (χ1n) is 5.90. The molecule has 1 aromatic heterocycles. The van der Waals surface area contributed by atoms with E-state index in [0.29, 0.717) is 6.04 Å². The lowest BCUT2D eigenvalue weighted by atomic mass is 10.2. The monoisotopic (exact) mass is 264 g/mol. The fourth-order valence-electron chi connectivity index (χ4n) is 1.61. The zero-order valence-electron chi connectivity index (χ0n) is 10.8. The Labute approximate surface area is 112 Å². The summed E-state index contributed by atoms with van der Waals surface area (Å²) in [5.41, 5.74) is 0.859. The molecule has 0 bridgehead atoms. The van der Waals surface area contributed by atoms with Gasteiger partial charge >= 0.3 is 0 Å². The average Bonchev–Trinajstić information content (AvgIpc) is 2.35. The third-order valence-corrected chi connectivity index (χ3v) is 3.19. The highest BCUT2D eigenvalue weighted by atomic mass is 35.5. The first-order chi connectivity index (χ1) is 8.58. The zero-order valence-corrected chi connectivity index (χ0v) is 11.6. The number of rotatable bonds is 4. The Kier molecular flexibility index (Phi) is 3.99. The summed E-state index contributed by atoms with van der Waals surface area (Å²) >= 11 is 5.93. The third-order valence-electron chi connectivity index (χ3n) is 3.02. The maximum Gasteiger partial charge on any atom is 0.224 e. The molecule has 4 nitrogen and oxygen atoms in total. The molecule has 0 aliphatic rings. The smallest absolute Gasteiger partial charge is 0.224 e. The van der Waals surface area contributed by atoms with Gasteiger partial charge in [-0.25, -0.2) is 9.97 Å². The van der Waals surface area contributed by atoms with Crippen molar-refractivity contribution in [2.45, 2.75) is 13.0 Å². The lowest BCUT2D eigenvalue weighted by Crippen LogP contribution is -2.31. The number of halogens is 1. The Morgan fingerprint density at radius 3 is 2.72 bits per heavy atom. The van der Waals surface area contributed by atoms with Crippen LogP contribution in [-0.4, -0.2) is 41.5 Å². The molecule has 96 valence electrons. The van der Waals surface area contributed by atoms with Gasteiger partial charge in [0, 0.05) is 18.0 Å². The lowest BCUT2D eigenvalue weighted by Gasteiger charge is -2.20. The molecular formula is C13H17ClN4. The summed E-state index contributed by atoms with van der Waals surface area (Å²) in [6.07, 6.45) is 0. The Morgan fingerprint density at radius 1 is 1.28 bits per heavy atom. The van der Waals surface area contributed by atoms with E-state index in [1.807, 2.05) is 24.3 Å². The molecule has 0 saturated carbocycles. The number of fused-ring (bicyclic) bond motifs is 1. The molecule has 0 amide bonds. The quantitative estimate of drug-likeness (QED) is 0.862. The highest BCUT2D eigenvalue weighted by Gasteiger charge is 2.08. The van der Waals surface area contributed by atoms with E-state index in [1.165, 1.54) is 0 Å². The molecule has 5 heteroatoms. The zero-order chi connectivity index (χ0) is 13.1. The summed E-state index contributed by atoms with van der Waals surface area (Å²) in [4.78, 5) is 10.6. The van der Waals surface area contributed by atoms with Gasteiger partial charge in [-0.3, -0.25) is 0 Å². The highest BCUT2D eigenvalue weighted by molar-refractivity contribution is 6.28. The molecule has 0 saturated heterocycles. The molecule has 1 aromatic carbocycles. The largest absolute Gasteiger partial charge is 0.368 e. The summed E-state index contributed by atoms with van der Waals surface area (Å²) in [5.74, 6) is 0.791. The van der Waals surface area contributed by atoms with E-state index in [4.69, 9.17) is 11.6 Å². The predicted octanol–water partition coefficient (Wildman–Crippen LogP) is 2.65. The Balaban J connectivity index is 2.27. The molecule has 1 heterocycles. The van der Waals surface area contributed by atoms with Gasteiger partial charge in [-0.1, -0.05) is 12.1 Å². The molecule has 0 fully saturated rings. The second kappa shape index (κ2) is 5.50. The summed E-state index contributed by atoms with van der Waals surface area (Å²) in [6, 6.07) is 8.26. The first-order valence-corrected chi connectivity index (χ1v) is 6.28. The molecular weight excluding hydrogens is 248 g/mol. The van der Waals surface area contributed by atoms with Crippen molar-refractivity contribution in [3.8, 4) is 0 Å². The minimum absolute atomic E-state index is 0.272. The van der Waals surface area contributed by atoms with Crippen molar-refractivity contribution in [2.75, 3.05) is 26.0 Å². The number of likely N-dealkylation sites (N-methyl/N-ethyl adjacent to an activating group) is 1. The number of hydrogen-bond acceptors (Lipinski definition) is 4. The second-order valence-electron chi connectivity index (χ2n) is 4.55. The third kappa shape index (κ3) is 2.89. The van der Waals surface area contributed by atoms with Crippen LogP contribution < -0.4 is 5.32 Å². The summed E-state index contributed by atoms with van der Waals surface area (Å²) in [6.45, 7) is 2.96. The number of hydrogen-bond donors (Lipinski definition) is 1. The van der Waals surface area contributed by atoms with Crippen molar-refractivity contribution in [3.63, 3.8) is 0 Å². The Morgan fingerprint density at radius 2 is 2.00 bits per heavy atom. The van der Waals surface area contributed by atoms with E-state index < -0.39 is 0 Å². The Bertz CT molecular complexity index is 542. The molecule has 1 N–H and O–H groups in total. The van der Waals surface area contributed by atoms with Crippen LogP contribution in [0.4, 0.5) is 5.82 Å². The molecule has 0 spiro atoms. The van der Waals surface area contributed by atoms with Gasteiger partial charge in [0.2, 0.25) is 5.28 Å². The molecule has 1 atom stereocenters. The first kappa shape index (κ1) is 13.1. The molecule has 1 unspecified atom stereocenters. The van der Waals surface area contributed by atoms with E-state index >= 15 is 0 Å². The topological polar surface area (TPSA) is 41.1 Å². The Hall–Kier alpha value is -1.39. The van der Waals surface area contributed by atoms with Crippen molar-refractivity contribution in [1.29, 1.82) is 0 Å². The molecule has 2 aromatic rings. The lowest BCUT2D eigenvalue weighted by molar-refractivity contribution is 0.326. The van der Waals surface area contributed by atoms with Gasteiger partial charge in [0.1, 0.15) is 5.82 Å². The highest BCUT2D eigenvalue weighted by Crippen LogP contribution is 2.21. The normalized spacial score (nSPS) is 12.9. The van der Waals surface area contributed by atoms with Gasteiger partial charge < -0.3 is 10.2 Å². The fraction of sp³-hybridized carbons (Fsp3) is 0.385. The maximum atomic E-state index is 5.93. The molecule has 0 aliphatic carbocycles. The van der Waals surface area contributed by atoms with Crippen molar-refractivity contribution < 1.29 is 0 Å². The van der Waals surface area contributed by atoms with Crippen LogP contribution >= 0.6 is 11.6 Å². The van der Waals surface area contributed by atoms with Gasteiger partial charge in [0.25, 0.3) is 0 Å². The molecule has 0 aliphatic heterocycles. The number of nitrogens with one attached hydrogen (secondary N) is 1. The van der Waals surface area contributed by atoms with Gasteiger partial charge in [-0.2, -0.15) is 0 Å². The summed E-state index contributed by atoms with van der Waals surface area (Å²) in [5, 5.41) is 4.60. The average molecular weight is 265 g/mol. The van der Waals surface area contributed by atoms with Crippen LogP contribution in [0.15, 0.2) is 24.3 Å². The van der Waals surface area contributed by atoms with Crippen molar-refractivity contribution in [2.24, 2.45) is 0 Å². The van der Waals surface area contributed by atoms with Gasteiger partial charge in [0.15, 0.2) is 0 Å². The van der Waals surface area contributed by atoms with Crippen molar-refractivity contribution in [1.82, 2.24) is 14.9 Å². The molecule has 0 radical (unpaired) electrons. The SMILES string of the molecule is CC(CNc1nc(Cl)nc2ccccc12)N(C)C. The summed E-state index contributed by atoms with van der Waals surface area (Å²) in [7, 11) is 4.11. The molecule has 2 rings (SSSR count). The van der Waals surface area contributed by atoms with Gasteiger partial charge in [0.05, 0.1) is 5.52 Å². The number of nitrogens with zero attached hydrogens (tertiary/aromatic N) is 3. The van der Waals surface area contributed by atoms with Crippen LogP contribution in [0.25, 0.3) is 10.9 Å². The summed E-state index contributed by atoms with van der Waals surface area (Å²) < 4.78 is 0. The van der Waals surface area contributed by atoms with Crippen LogP contribution in [0, 0.1) is 0 Å². The number of aromatic nitrogens is 2. The van der Waals surface area contributed by atoms with E-state index in [1.54, 1.807) is 0 Å². The van der Waals surface area contributed by atoms with Gasteiger partial charge in [-0.15, -0.1) is 0 Å². The van der Waals surface area contributed by atoms with Gasteiger partial charge in [-0.05, 0) is 44.8 Å². The van der Waals surface area contributed by atoms with Crippen LogP contribution in [0.1, 0.15) is 6.92 Å². The van der Waals surface area contributed by atoms with E-state index in [0.717, 1.165) is 23.3 Å². The molecule has 18 heavy (non-hydrogen) atoms. The number of benzene rings is 1. The number of anilines is 1. The second-order valence-corrected chi connectivity index (χ2v) is 4.89.